The Morgan fingerprint density at radius 1 is 0.923 bits per heavy atom. The van der Waals surface area contributed by atoms with E-state index in [2.05, 4.69) is 10.3 Å². The van der Waals surface area contributed by atoms with Crippen LogP contribution >= 0.6 is 0 Å². The molecule has 2 fully saturated rings. The van der Waals surface area contributed by atoms with Gasteiger partial charge in [-0.05, 0) is 84.2 Å². The highest BCUT2D eigenvalue weighted by molar-refractivity contribution is 6.10. The third kappa shape index (κ3) is 5.37. The molecule has 2 aliphatic rings. The minimum atomic E-state index is -0.796. The van der Waals surface area contributed by atoms with E-state index < -0.39 is 23.3 Å². The van der Waals surface area contributed by atoms with Crippen LogP contribution in [0.2, 0.25) is 0 Å². The first-order valence-electron chi connectivity index (χ1n) is 13.1. The van der Waals surface area contributed by atoms with Crippen LogP contribution in [0.25, 0.3) is 11.1 Å². The number of rotatable bonds is 3. The van der Waals surface area contributed by atoms with E-state index in [1.807, 2.05) is 26.0 Å². The second-order valence-corrected chi connectivity index (χ2v) is 10.7. The number of urea groups is 1. The van der Waals surface area contributed by atoms with Crippen molar-refractivity contribution in [1.82, 2.24) is 15.2 Å². The Balaban J connectivity index is 1.26. The topological polar surface area (TPSA) is 96.4 Å². The van der Waals surface area contributed by atoms with Gasteiger partial charge in [0.15, 0.2) is 0 Å². The highest BCUT2D eigenvalue weighted by Crippen LogP contribution is 2.47. The van der Waals surface area contributed by atoms with Crippen molar-refractivity contribution < 1.29 is 23.6 Å². The molecule has 1 spiro atoms. The molecule has 1 aliphatic heterocycles. The summed E-state index contributed by atoms with van der Waals surface area (Å²) in [5.74, 6) is -1.84. The molecular weight excluding hydrogens is 497 g/mol. The fourth-order valence-corrected chi connectivity index (χ4v) is 6.02. The molecule has 2 heterocycles. The number of carbonyl (C=O) groups excluding carboxylic acids is 4. The van der Waals surface area contributed by atoms with Gasteiger partial charge in [0.25, 0.3) is 5.91 Å². The predicted octanol–water partition coefficient (Wildman–Crippen LogP) is 5.15. The van der Waals surface area contributed by atoms with Crippen LogP contribution in [0.15, 0.2) is 60.8 Å². The first-order chi connectivity index (χ1) is 18.7. The molecule has 2 aromatic carbocycles. The lowest BCUT2D eigenvalue weighted by Crippen LogP contribution is -2.51. The van der Waals surface area contributed by atoms with Crippen molar-refractivity contribution in [2.75, 3.05) is 13.1 Å². The summed E-state index contributed by atoms with van der Waals surface area (Å²) in [6.07, 6.45) is 3.08. The van der Waals surface area contributed by atoms with Crippen molar-refractivity contribution in [1.29, 1.82) is 0 Å². The summed E-state index contributed by atoms with van der Waals surface area (Å²) in [5, 5.41) is 2.37. The van der Waals surface area contributed by atoms with Crippen LogP contribution < -0.4 is 5.32 Å². The quantitative estimate of drug-likeness (QED) is 0.475. The number of nitrogens with zero attached hydrogens (tertiary/aromatic N) is 2. The molecule has 1 saturated heterocycles. The van der Waals surface area contributed by atoms with Gasteiger partial charge in [-0.25, -0.2) is 9.18 Å². The normalized spacial score (nSPS) is 17.4. The van der Waals surface area contributed by atoms with E-state index >= 15 is 0 Å². The van der Waals surface area contributed by atoms with Crippen molar-refractivity contribution >= 4 is 23.5 Å². The molecule has 0 unspecified atom stereocenters. The van der Waals surface area contributed by atoms with E-state index in [1.54, 1.807) is 29.2 Å². The standard InChI is InChI=1S/C31H30FN3O4/c1-19-15-22(21-6-8-23(32)9-7-21)16-20(2)27(19)28-25(36)17-31(18-26(28)37)10-13-35(14-11-31)30(39)34-29(38)24-5-3-4-12-33-24/h3-9,12,15-16,28H,10-11,13-14,17-18H2,1-2H3,(H,34,38,39). The van der Waals surface area contributed by atoms with E-state index in [4.69, 9.17) is 0 Å². The third-order valence-electron chi connectivity index (χ3n) is 8.03. The summed E-state index contributed by atoms with van der Waals surface area (Å²) >= 11 is 0. The van der Waals surface area contributed by atoms with Crippen molar-refractivity contribution in [3.8, 4) is 11.1 Å². The lowest BCUT2D eigenvalue weighted by molar-refractivity contribution is -0.138. The molecule has 8 heteroatoms. The number of carbonyl (C=O) groups is 4. The Bertz CT molecular complexity index is 1400. The molecule has 5 rings (SSSR count). The van der Waals surface area contributed by atoms with Gasteiger partial charge in [0, 0.05) is 32.1 Å². The molecule has 7 nitrogen and oxygen atoms in total. The second-order valence-electron chi connectivity index (χ2n) is 10.7. The fourth-order valence-electron chi connectivity index (χ4n) is 6.02. The number of hydrogen-bond acceptors (Lipinski definition) is 5. The van der Waals surface area contributed by atoms with Crippen LogP contribution in [0.5, 0.6) is 0 Å². The minimum absolute atomic E-state index is 0.0878. The van der Waals surface area contributed by atoms with E-state index in [0.717, 1.165) is 27.8 Å². The van der Waals surface area contributed by atoms with Crippen molar-refractivity contribution in [3.63, 3.8) is 0 Å². The number of likely N-dealkylation sites (tertiary alicyclic amines) is 1. The summed E-state index contributed by atoms with van der Waals surface area (Å²) < 4.78 is 13.4. The summed E-state index contributed by atoms with van der Waals surface area (Å²) in [7, 11) is 0. The van der Waals surface area contributed by atoms with Gasteiger partial charge in [-0.2, -0.15) is 0 Å². The van der Waals surface area contributed by atoms with Gasteiger partial charge >= 0.3 is 6.03 Å². The Labute approximate surface area is 226 Å². The van der Waals surface area contributed by atoms with Gasteiger partial charge in [-0.15, -0.1) is 0 Å². The fraction of sp³-hybridized carbons (Fsp3) is 0.323. The summed E-state index contributed by atoms with van der Waals surface area (Å²) in [4.78, 5) is 57.4. The molecule has 0 bridgehead atoms. The highest BCUT2D eigenvalue weighted by Gasteiger charge is 2.48. The Hall–Kier alpha value is -4.20. The molecule has 39 heavy (non-hydrogen) atoms. The van der Waals surface area contributed by atoms with E-state index in [1.165, 1.54) is 24.4 Å². The zero-order chi connectivity index (χ0) is 27.7. The van der Waals surface area contributed by atoms with Gasteiger partial charge in [0.2, 0.25) is 0 Å². The number of halogens is 1. The average Bonchev–Trinajstić information content (AvgIpc) is 2.91. The maximum atomic E-state index is 13.5. The van der Waals surface area contributed by atoms with Crippen LogP contribution in [-0.4, -0.2) is 46.5 Å². The molecule has 200 valence electrons. The van der Waals surface area contributed by atoms with Gasteiger partial charge < -0.3 is 4.90 Å². The lowest BCUT2D eigenvalue weighted by Gasteiger charge is -2.44. The number of aryl methyl sites for hydroxylation is 2. The van der Waals surface area contributed by atoms with Gasteiger partial charge in [-0.1, -0.05) is 30.3 Å². The summed E-state index contributed by atoms with van der Waals surface area (Å²) in [6.45, 7) is 4.53. The second kappa shape index (κ2) is 10.5. The molecule has 0 atom stereocenters. The van der Waals surface area contributed by atoms with E-state index in [0.29, 0.717) is 25.9 Å². The number of ketones is 2. The predicted molar refractivity (Wildman–Crippen MR) is 144 cm³/mol. The van der Waals surface area contributed by atoms with Crippen molar-refractivity contribution in [2.24, 2.45) is 5.41 Å². The summed E-state index contributed by atoms with van der Waals surface area (Å²) in [6, 6.07) is 14.5. The molecule has 1 saturated carbocycles. The third-order valence-corrected chi connectivity index (χ3v) is 8.03. The first-order valence-corrected chi connectivity index (χ1v) is 13.1. The highest BCUT2D eigenvalue weighted by atomic mass is 19.1. The van der Waals surface area contributed by atoms with Gasteiger partial charge in [-0.3, -0.25) is 24.7 Å². The first kappa shape index (κ1) is 26.4. The number of aromatic nitrogens is 1. The number of benzene rings is 2. The van der Waals surface area contributed by atoms with Crippen molar-refractivity contribution in [2.45, 2.75) is 45.4 Å². The number of pyridine rings is 1. The molecule has 1 N–H and O–H groups in total. The number of hydrogen-bond donors (Lipinski definition) is 1. The van der Waals surface area contributed by atoms with Crippen LogP contribution in [-0.2, 0) is 9.59 Å². The van der Waals surface area contributed by atoms with Crippen LogP contribution in [0, 0.1) is 25.1 Å². The van der Waals surface area contributed by atoms with Crippen LogP contribution in [0.3, 0.4) is 0 Å². The Kier molecular flexibility index (Phi) is 7.12. The van der Waals surface area contributed by atoms with Gasteiger partial charge in [0.05, 0.1) is 0 Å². The maximum Gasteiger partial charge on any atom is 0.324 e. The van der Waals surface area contributed by atoms with Gasteiger partial charge in [0.1, 0.15) is 29.0 Å². The largest absolute Gasteiger partial charge is 0.324 e. The van der Waals surface area contributed by atoms with E-state index in [-0.39, 0.29) is 35.9 Å². The molecule has 3 amide bonds. The number of amides is 3. The van der Waals surface area contributed by atoms with E-state index in [9.17, 15) is 23.6 Å². The monoisotopic (exact) mass is 527 g/mol. The minimum Gasteiger partial charge on any atom is -0.324 e. The number of Topliss-reactive ketones (excluding diaryl/α,β-unsaturated/α-hetero) is 2. The van der Waals surface area contributed by atoms with Crippen molar-refractivity contribution in [3.05, 3.63) is 89.0 Å². The molecular formula is C31H30FN3O4. The number of nitrogens with one attached hydrogen (secondary N) is 1. The molecule has 0 radical (unpaired) electrons. The number of piperidine rings is 1. The van der Waals surface area contributed by atoms with Crippen LogP contribution in [0.4, 0.5) is 9.18 Å². The molecule has 3 aromatic rings. The zero-order valence-electron chi connectivity index (χ0n) is 22.0. The Morgan fingerprint density at radius 2 is 1.54 bits per heavy atom. The average molecular weight is 528 g/mol. The Morgan fingerprint density at radius 3 is 2.10 bits per heavy atom. The smallest absolute Gasteiger partial charge is 0.324 e. The zero-order valence-corrected chi connectivity index (χ0v) is 22.0. The molecule has 1 aliphatic carbocycles. The number of imide groups is 1. The van der Waals surface area contributed by atoms with Crippen LogP contribution in [0.1, 0.15) is 58.8 Å². The molecule has 1 aromatic heterocycles. The lowest BCUT2D eigenvalue weighted by atomic mass is 9.62. The maximum absolute atomic E-state index is 13.5. The summed E-state index contributed by atoms with van der Waals surface area (Å²) in [5.41, 5.74) is 3.95. The SMILES string of the molecule is Cc1cc(-c2ccc(F)cc2)cc(C)c1C1C(=O)CC2(CCN(C(=O)NC(=O)c3ccccn3)CC2)CC1=O.